The lowest BCUT2D eigenvalue weighted by molar-refractivity contribution is 0.0140. The minimum Gasteiger partial charge on any atom is -0.444 e. The van der Waals surface area contributed by atoms with Crippen LogP contribution in [-0.2, 0) is 11.8 Å². The maximum Gasteiger partial charge on any atom is 0.410 e. The largest absolute Gasteiger partial charge is 0.444 e. The van der Waals surface area contributed by atoms with Gasteiger partial charge in [0.1, 0.15) is 10.2 Å². The number of aromatic nitrogens is 2. The number of rotatable bonds is 1. The average molecular weight is 373 g/mol. The summed E-state index contributed by atoms with van der Waals surface area (Å²) in [7, 11) is 1.77. The molecule has 0 N–H and O–H groups in total. The predicted octanol–water partition coefficient (Wildman–Crippen LogP) is 1.88. The Labute approximate surface area is 138 Å². The van der Waals surface area contributed by atoms with Crippen LogP contribution in [-0.4, -0.2) is 63.4 Å². The van der Waals surface area contributed by atoms with Crippen molar-refractivity contribution in [1.29, 1.82) is 0 Å². The van der Waals surface area contributed by atoms with Crippen LogP contribution < -0.4 is 0 Å². The fourth-order valence-electron chi connectivity index (χ4n) is 2.16. The van der Waals surface area contributed by atoms with Gasteiger partial charge in [-0.3, -0.25) is 9.48 Å². The third-order valence-electron chi connectivity index (χ3n) is 3.32. The predicted molar refractivity (Wildman–Crippen MR) is 84.6 cm³/mol. The molecule has 2 heterocycles. The van der Waals surface area contributed by atoms with Gasteiger partial charge in [0, 0.05) is 33.2 Å². The van der Waals surface area contributed by atoms with Crippen LogP contribution in [0, 0.1) is 0 Å². The Morgan fingerprint density at radius 2 is 1.73 bits per heavy atom. The van der Waals surface area contributed by atoms with Crippen molar-refractivity contribution in [2.45, 2.75) is 26.4 Å². The Morgan fingerprint density at radius 3 is 2.18 bits per heavy atom. The molecule has 1 aromatic rings. The SMILES string of the molecule is Cn1ncc(C(=O)N2CCN(C(=O)OC(C)(C)C)CC2)c1Br. The van der Waals surface area contributed by atoms with Crippen LogP contribution in [0.1, 0.15) is 31.1 Å². The Bertz CT molecular complexity index is 571. The average Bonchev–Trinajstić information content (AvgIpc) is 2.76. The molecule has 1 fully saturated rings. The highest BCUT2D eigenvalue weighted by Crippen LogP contribution is 2.18. The van der Waals surface area contributed by atoms with E-state index in [9.17, 15) is 9.59 Å². The lowest BCUT2D eigenvalue weighted by Crippen LogP contribution is -2.51. The number of aryl methyl sites for hydroxylation is 1. The summed E-state index contributed by atoms with van der Waals surface area (Å²) in [6.45, 7) is 7.43. The molecule has 0 aliphatic carbocycles. The normalized spacial score (nSPS) is 15.9. The second-order valence-electron chi connectivity index (χ2n) is 6.23. The third kappa shape index (κ3) is 3.79. The van der Waals surface area contributed by atoms with Crippen molar-refractivity contribution in [2.24, 2.45) is 7.05 Å². The van der Waals surface area contributed by atoms with Gasteiger partial charge >= 0.3 is 6.09 Å². The molecule has 0 radical (unpaired) electrons. The summed E-state index contributed by atoms with van der Waals surface area (Å²) in [5.41, 5.74) is 0.0261. The summed E-state index contributed by atoms with van der Waals surface area (Å²) in [5.74, 6) is -0.0798. The summed E-state index contributed by atoms with van der Waals surface area (Å²) >= 11 is 3.35. The van der Waals surface area contributed by atoms with Crippen molar-refractivity contribution < 1.29 is 14.3 Å². The van der Waals surface area contributed by atoms with Gasteiger partial charge in [-0.25, -0.2) is 4.79 Å². The smallest absolute Gasteiger partial charge is 0.410 e. The first-order valence-corrected chi connectivity index (χ1v) is 7.93. The van der Waals surface area contributed by atoms with Crippen LogP contribution in [0.15, 0.2) is 10.8 Å². The highest BCUT2D eigenvalue weighted by atomic mass is 79.9. The van der Waals surface area contributed by atoms with Crippen molar-refractivity contribution in [3.63, 3.8) is 0 Å². The highest BCUT2D eigenvalue weighted by molar-refractivity contribution is 9.10. The number of piperazine rings is 1. The molecular weight excluding hydrogens is 352 g/mol. The molecule has 0 saturated carbocycles. The molecule has 8 heteroatoms. The quantitative estimate of drug-likeness (QED) is 0.754. The number of halogens is 1. The van der Waals surface area contributed by atoms with Gasteiger partial charge < -0.3 is 14.5 Å². The third-order valence-corrected chi connectivity index (χ3v) is 4.26. The Morgan fingerprint density at radius 1 is 1.18 bits per heavy atom. The topological polar surface area (TPSA) is 67.7 Å². The number of amides is 2. The fraction of sp³-hybridized carbons (Fsp3) is 0.643. The Balaban J connectivity index is 1.93. The second kappa shape index (κ2) is 6.28. The number of hydrogen-bond acceptors (Lipinski definition) is 4. The molecule has 1 aliphatic rings. The molecule has 2 rings (SSSR count). The van der Waals surface area contributed by atoms with Crippen molar-refractivity contribution >= 4 is 27.9 Å². The molecule has 1 aromatic heterocycles. The van der Waals surface area contributed by atoms with E-state index >= 15 is 0 Å². The maximum atomic E-state index is 12.4. The summed E-state index contributed by atoms with van der Waals surface area (Å²) in [4.78, 5) is 27.8. The molecule has 0 bridgehead atoms. The number of carbonyl (C=O) groups is 2. The molecule has 0 spiro atoms. The Hall–Kier alpha value is -1.57. The van der Waals surface area contributed by atoms with Gasteiger partial charge in [-0.2, -0.15) is 5.10 Å². The molecule has 0 aromatic carbocycles. The number of hydrogen-bond donors (Lipinski definition) is 0. The van der Waals surface area contributed by atoms with Gasteiger partial charge in [-0.15, -0.1) is 0 Å². The zero-order valence-corrected chi connectivity index (χ0v) is 14.9. The molecule has 122 valence electrons. The van der Waals surface area contributed by atoms with Crippen molar-refractivity contribution in [1.82, 2.24) is 19.6 Å². The van der Waals surface area contributed by atoms with Crippen LogP contribution in [0.5, 0.6) is 0 Å². The van der Waals surface area contributed by atoms with Crippen LogP contribution in [0.2, 0.25) is 0 Å². The van der Waals surface area contributed by atoms with E-state index in [4.69, 9.17) is 4.74 Å². The first-order chi connectivity index (χ1) is 10.2. The molecule has 0 atom stereocenters. The van der Waals surface area contributed by atoms with E-state index in [1.807, 2.05) is 20.8 Å². The summed E-state index contributed by atoms with van der Waals surface area (Å²) in [5, 5.41) is 4.05. The van der Waals surface area contributed by atoms with Crippen molar-refractivity contribution in [2.75, 3.05) is 26.2 Å². The maximum absolute atomic E-state index is 12.4. The minimum atomic E-state index is -0.509. The van der Waals surface area contributed by atoms with E-state index < -0.39 is 5.60 Å². The summed E-state index contributed by atoms with van der Waals surface area (Å²) < 4.78 is 7.60. The van der Waals surface area contributed by atoms with E-state index in [0.717, 1.165) is 0 Å². The van der Waals surface area contributed by atoms with E-state index in [-0.39, 0.29) is 12.0 Å². The molecule has 1 aliphatic heterocycles. The van der Waals surface area contributed by atoms with Gasteiger partial charge in [-0.05, 0) is 36.7 Å². The van der Waals surface area contributed by atoms with Gasteiger partial charge in [0.15, 0.2) is 0 Å². The Kier molecular flexibility index (Phi) is 4.79. The lowest BCUT2D eigenvalue weighted by Gasteiger charge is -2.35. The fourth-order valence-corrected chi connectivity index (χ4v) is 2.52. The van der Waals surface area contributed by atoms with Gasteiger partial charge in [0.25, 0.3) is 5.91 Å². The standard InChI is InChI=1S/C14H21BrN4O3/c1-14(2,3)22-13(21)19-7-5-18(6-8-19)12(20)10-9-16-17(4)11(10)15/h9H,5-8H2,1-4H3. The van der Waals surface area contributed by atoms with Crippen LogP contribution in [0.25, 0.3) is 0 Å². The van der Waals surface area contributed by atoms with Gasteiger partial charge in [0.2, 0.25) is 0 Å². The second-order valence-corrected chi connectivity index (χ2v) is 6.98. The molecule has 2 amide bonds. The minimum absolute atomic E-state index is 0.0798. The molecule has 1 saturated heterocycles. The van der Waals surface area contributed by atoms with Crippen molar-refractivity contribution in [3.05, 3.63) is 16.4 Å². The highest BCUT2D eigenvalue weighted by Gasteiger charge is 2.29. The van der Waals surface area contributed by atoms with Crippen LogP contribution >= 0.6 is 15.9 Å². The van der Waals surface area contributed by atoms with Crippen molar-refractivity contribution in [3.8, 4) is 0 Å². The van der Waals surface area contributed by atoms with E-state index in [1.54, 1.807) is 27.7 Å². The van der Waals surface area contributed by atoms with Crippen LogP contribution in [0.3, 0.4) is 0 Å². The van der Waals surface area contributed by atoms with E-state index in [0.29, 0.717) is 36.3 Å². The first kappa shape index (κ1) is 16.8. The lowest BCUT2D eigenvalue weighted by atomic mass is 10.2. The molecular formula is C14H21BrN4O3. The first-order valence-electron chi connectivity index (χ1n) is 7.14. The zero-order chi connectivity index (χ0) is 16.5. The molecule has 7 nitrogen and oxygen atoms in total. The number of carbonyl (C=O) groups excluding carboxylic acids is 2. The monoisotopic (exact) mass is 372 g/mol. The molecule has 22 heavy (non-hydrogen) atoms. The zero-order valence-electron chi connectivity index (χ0n) is 13.3. The van der Waals surface area contributed by atoms with E-state index in [1.165, 1.54) is 0 Å². The van der Waals surface area contributed by atoms with Gasteiger partial charge in [0.05, 0.1) is 11.8 Å². The van der Waals surface area contributed by atoms with E-state index in [2.05, 4.69) is 21.0 Å². The van der Waals surface area contributed by atoms with Gasteiger partial charge in [-0.1, -0.05) is 0 Å². The summed E-state index contributed by atoms with van der Waals surface area (Å²) in [6.07, 6.45) is 1.22. The summed E-state index contributed by atoms with van der Waals surface area (Å²) in [6, 6.07) is 0. The number of nitrogens with zero attached hydrogens (tertiary/aromatic N) is 4. The molecule has 0 unspecified atom stereocenters. The number of ether oxygens (including phenoxy) is 1. The van der Waals surface area contributed by atoms with Crippen LogP contribution in [0.4, 0.5) is 4.79 Å².